The van der Waals surface area contributed by atoms with Crippen molar-refractivity contribution in [3.8, 4) is 44.5 Å². The number of benzene rings is 8. The van der Waals surface area contributed by atoms with Crippen LogP contribution in [0.1, 0.15) is 103 Å². The zero-order chi connectivity index (χ0) is 46.3. The second-order valence-corrected chi connectivity index (χ2v) is 22.4. The maximum Gasteiger partial charge on any atom is 0.198 e. The standard InChI is InChI=1S/C64H63BN2/c1-61(2)32-33-62(3,4)53-39-48(27-30-52(53)61)66-57-31-26-46(43-20-14-10-15-21-43)36-50(57)51-37-47(44-22-16-11-17-23-44)38-59-60(51)65-56-40-54-55(64(7,8)35-34-63(54,5)6)41-58(56)67(59)49-28-24-45(25-29-49)42-18-12-9-13-19-42/h9-31,36-41,65-66H,32-35H2,1-8H3. The third kappa shape index (κ3) is 7.71. The van der Waals surface area contributed by atoms with Crippen molar-refractivity contribution >= 4 is 46.6 Å². The fourth-order valence-corrected chi connectivity index (χ4v) is 11.6. The van der Waals surface area contributed by atoms with Gasteiger partial charge in [0.05, 0.1) is 0 Å². The molecule has 0 atom stereocenters. The first kappa shape index (κ1) is 43.0. The summed E-state index contributed by atoms with van der Waals surface area (Å²) in [5.74, 6) is 0. The van der Waals surface area contributed by atoms with Gasteiger partial charge in [-0.2, -0.15) is 0 Å². The van der Waals surface area contributed by atoms with Crippen molar-refractivity contribution in [2.45, 2.75) is 103 Å². The van der Waals surface area contributed by atoms with Crippen LogP contribution in [-0.4, -0.2) is 7.28 Å². The van der Waals surface area contributed by atoms with Crippen LogP contribution in [0.5, 0.6) is 0 Å². The third-order valence-electron chi connectivity index (χ3n) is 16.0. The molecule has 0 unspecified atom stereocenters. The summed E-state index contributed by atoms with van der Waals surface area (Å²) in [6.45, 7) is 19.5. The molecule has 0 aromatic heterocycles. The molecule has 2 nitrogen and oxygen atoms in total. The van der Waals surface area contributed by atoms with Crippen LogP contribution in [0, 0.1) is 0 Å². The molecule has 1 N–H and O–H groups in total. The van der Waals surface area contributed by atoms with E-state index in [-0.39, 0.29) is 21.7 Å². The summed E-state index contributed by atoms with van der Waals surface area (Å²) in [7, 11) is 0.828. The Bertz CT molecular complexity index is 3160. The van der Waals surface area contributed by atoms with E-state index in [9.17, 15) is 0 Å². The van der Waals surface area contributed by atoms with Gasteiger partial charge in [-0.15, -0.1) is 0 Å². The van der Waals surface area contributed by atoms with Gasteiger partial charge >= 0.3 is 0 Å². The van der Waals surface area contributed by atoms with Gasteiger partial charge in [0.2, 0.25) is 0 Å². The molecule has 3 aliphatic rings. The van der Waals surface area contributed by atoms with Gasteiger partial charge in [-0.1, -0.05) is 182 Å². The smallest absolute Gasteiger partial charge is 0.198 e. The van der Waals surface area contributed by atoms with Crippen LogP contribution in [0.4, 0.5) is 28.4 Å². The second-order valence-electron chi connectivity index (χ2n) is 22.4. The number of rotatable bonds is 7. The summed E-state index contributed by atoms with van der Waals surface area (Å²) in [5, 5.41) is 4.06. The number of hydrogen-bond acceptors (Lipinski definition) is 2. The highest BCUT2D eigenvalue weighted by atomic mass is 15.1. The first-order valence-electron chi connectivity index (χ1n) is 24.6. The van der Waals surface area contributed by atoms with Gasteiger partial charge < -0.3 is 10.2 Å². The van der Waals surface area contributed by atoms with E-state index < -0.39 is 0 Å². The van der Waals surface area contributed by atoms with Gasteiger partial charge in [0.25, 0.3) is 0 Å². The molecule has 0 bridgehead atoms. The number of hydrogen-bond donors (Lipinski definition) is 1. The van der Waals surface area contributed by atoms with Gasteiger partial charge in [-0.3, -0.25) is 0 Å². The van der Waals surface area contributed by atoms with E-state index in [1.54, 1.807) is 0 Å². The van der Waals surface area contributed by atoms with Crippen molar-refractivity contribution in [1.29, 1.82) is 0 Å². The molecule has 8 aromatic carbocycles. The van der Waals surface area contributed by atoms with Gasteiger partial charge in [-0.05, 0) is 169 Å². The van der Waals surface area contributed by atoms with Crippen molar-refractivity contribution < 1.29 is 0 Å². The van der Waals surface area contributed by atoms with Crippen molar-refractivity contribution in [2.24, 2.45) is 0 Å². The SMILES string of the molecule is CC1(C)CCC(C)(C)c2cc(Nc3ccc(-c4ccccc4)cc3-c3cc(-c4ccccc4)cc4c3Bc3cc5c(cc3N4c3ccc(-c4ccccc4)cc3)C(C)(C)CCC5(C)C)ccc21. The van der Waals surface area contributed by atoms with Crippen molar-refractivity contribution in [3.05, 3.63) is 198 Å². The average Bonchev–Trinajstić information content (AvgIpc) is 3.34. The molecule has 0 spiro atoms. The van der Waals surface area contributed by atoms with Crippen LogP contribution in [0.3, 0.4) is 0 Å². The minimum atomic E-state index is 0.0696. The molecule has 332 valence electrons. The lowest BCUT2D eigenvalue weighted by atomic mass is 9.55. The Hall–Kier alpha value is -6.58. The number of nitrogens with one attached hydrogen (secondary N) is 1. The molecule has 0 radical (unpaired) electrons. The van der Waals surface area contributed by atoms with E-state index in [4.69, 9.17) is 0 Å². The highest BCUT2D eigenvalue weighted by Crippen LogP contribution is 2.50. The molecule has 2 aliphatic carbocycles. The molecule has 67 heavy (non-hydrogen) atoms. The van der Waals surface area contributed by atoms with Crippen molar-refractivity contribution in [3.63, 3.8) is 0 Å². The Morgan fingerprint density at radius 1 is 0.388 bits per heavy atom. The maximum absolute atomic E-state index is 4.06. The average molecular weight is 871 g/mol. The first-order chi connectivity index (χ1) is 32.1. The lowest BCUT2D eigenvalue weighted by molar-refractivity contribution is 0.332. The Morgan fingerprint density at radius 2 is 0.866 bits per heavy atom. The quantitative estimate of drug-likeness (QED) is 0.161. The lowest BCUT2D eigenvalue weighted by Gasteiger charge is -2.44. The van der Waals surface area contributed by atoms with Gasteiger partial charge in [0.1, 0.15) is 0 Å². The minimum absolute atomic E-state index is 0.0696. The molecule has 1 heterocycles. The van der Waals surface area contributed by atoms with Crippen LogP contribution < -0.4 is 21.1 Å². The van der Waals surface area contributed by atoms with Gasteiger partial charge in [0, 0.05) is 34.0 Å². The Labute approximate surface area is 400 Å². The molecule has 0 fully saturated rings. The van der Waals surface area contributed by atoms with E-state index in [1.807, 2.05) is 0 Å². The minimum Gasteiger partial charge on any atom is -0.355 e. The summed E-state index contributed by atoms with van der Waals surface area (Å²) in [5.41, 5.74) is 24.7. The van der Waals surface area contributed by atoms with Gasteiger partial charge in [-0.25, -0.2) is 0 Å². The number of fused-ring (bicyclic) bond motifs is 4. The van der Waals surface area contributed by atoms with E-state index in [0.29, 0.717) is 0 Å². The van der Waals surface area contributed by atoms with Crippen LogP contribution in [-0.2, 0) is 21.7 Å². The monoisotopic (exact) mass is 871 g/mol. The van der Waals surface area contributed by atoms with E-state index in [1.165, 1.54) is 120 Å². The van der Waals surface area contributed by atoms with Crippen molar-refractivity contribution in [1.82, 2.24) is 0 Å². The highest BCUT2D eigenvalue weighted by Gasteiger charge is 2.40. The molecule has 0 amide bonds. The zero-order valence-electron chi connectivity index (χ0n) is 40.7. The van der Waals surface area contributed by atoms with E-state index in [2.05, 4.69) is 242 Å². The highest BCUT2D eigenvalue weighted by molar-refractivity contribution is 6.73. The molecule has 8 aromatic rings. The molecule has 1 aliphatic heterocycles. The van der Waals surface area contributed by atoms with E-state index in [0.717, 1.165) is 18.7 Å². The summed E-state index contributed by atoms with van der Waals surface area (Å²) >= 11 is 0. The first-order valence-corrected chi connectivity index (χ1v) is 24.6. The molecular weight excluding hydrogens is 808 g/mol. The molecule has 11 rings (SSSR count). The van der Waals surface area contributed by atoms with Crippen LogP contribution in [0.15, 0.2) is 176 Å². The fraction of sp³-hybridized carbons (Fsp3) is 0.250. The van der Waals surface area contributed by atoms with Crippen LogP contribution in [0.25, 0.3) is 44.5 Å². The summed E-state index contributed by atoms with van der Waals surface area (Å²) in [6, 6.07) is 66.3. The Morgan fingerprint density at radius 3 is 1.46 bits per heavy atom. The fourth-order valence-electron chi connectivity index (χ4n) is 11.6. The summed E-state index contributed by atoms with van der Waals surface area (Å²) < 4.78 is 0. The van der Waals surface area contributed by atoms with Crippen molar-refractivity contribution in [2.75, 3.05) is 10.2 Å². The van der Waals surface area contributed by atoms with Crippen LogP contribution >= 0.6 is 0 Å². The van der Waals surface area contributed by atoms with Gasteiger partial charge in [0.15, 0.2) is 7.28 Å². The number of anilines is 5. The maximum atomic E-state index is 4.06. The molecular formula is C64H63BN2. The summed E-state index contributed by atoms with van der Waals surface area (Å²) in [4.78, 5) is 2.60. The largest absolute Gasteiger partial charge is 0.355 e. The Balaban J connectivity index is 1.17. The zero-order valence-corrected chi connectivity index (χ0v) is 40.7. The number of nitrogens with zero attached hydrogens (tertiary/aromatic N) is 1. The normalized spacial score (nSPS) is 17.0. The third-order valence-corrected chi connectivity index (χ3v) is 16.0. The summed E-state index contributed by atoms with van der Waals surface area (Å²) in [6.07, 6.45) is 4.72. The second kappa shape index (κ2) is 16.0. The molecule has 3 heteroatoms. The van der Waals surface area contributed by atoms with Crippen LogP contribution in [0.2, 0.25) is 0 Å². The molecule has 0 saturated heterocycles. The Kier molecular flexibility index (Phi) is 10.3. The van der Waals surface area contributed by atoms with E-state index >= 15 is 0 Å². The molecule has 0 saturated carbocycles. The predicted octanol–water partition coefficient (Wildman–Crippen LogP) is 16.0. The predicted molar refractivity (Wildman–Crippen MR) is 290 cm³/mol. The lowest BCUT2D eigenvalue weighted by Crippen LogP contribution is -2.43. The topological polar surface area (TPSA) is 15.3 Å².